The lowest BCUT2D eigenvalue weighted by atomic mass is 9.43. The molecule has 0 aliphatic heterocycles. The van der Waals surface area contributed by atoms with E-state index in [2.05, 4.69) is 158 Å². The SMILES string of the molecule is c1ccc2c(c1)cc(-c1cc3c(c4ccccc14)-c1cc(-c4ccc5c(c4)sc4c6ccccc6ccc54)ccc1C31C3CC4CC(C3)CC1C4)c1ccccc12. The van der Waals surface area contributed by atoms with Gasteiger partial charge in [-0.25, -0.2) is 0 Å². The van der Waals surface area contributed by atoms with Gasteiger partial charge in [0.05, 0.1) is 0 Å². The molecule has 10 aromatic rings. The second-order valence-electron chi connectivity index (χ2n) is 18.0. The Morgan fingerprint density at radius 3 is 1.77 bits per heavy atom. The fourth-order valence-electron chi connectivity index (χ4n) is 13.4. The fourth-order valence-corrected chi connectivity index (χ4v) is 14.7. The van der Waals surface area contributed by atoms with Crippen LogP contribution < -0.4 is 0 Å². The van der Waals surface area contributed by atoms with Gasteiger partial charge in [-0.3, -0.25) is 0 Å². The summed E-state index contributed by atoms with van der Waals surface area (Å²) in [7, 11) is 0. The van der Waals surface area contributed by atoms with Crippen molar-refractivity contribution in [3.05, 3.63) is 169 Å². The first-order chi connectivity index (χ1) is 28.2. The largest absolute Gasteiger partial charge is 0.135 e. The Hall–Kier alpha value is -5.76. The molecule has 0 saturated heterocycles. The molecule has 57 heavy (non-hydrogen) atoms. The van der Waals surface area contributed by atoms with E-state index in [1.807, 2.05) is 11.3 Å². The van der Waals surface area contributed by atoms with Crippen LogP contribution >= 0.6 is 11.3 Å². The van der Waals surface area contributed by atoms with Crippen LogP contribution in [0.2, 0.25) is 0 Å². The molecule has 9 aromatic carbocycles. The molecule has 270 valence electrons. The highest BCUT2D eigenvalue weighted by Gasteiger charge is 2.62. The van der Waals surface area contributed by atoms with E-state index in [0.717, 1.165) is 11.8 Å². The molecule has 0 atom stereocenters. The van der Waals surface area contributed by atoms with Gasteiger partial charge in [0, 0.05) is 25.6 Å². The second kappa shape index (κ2) is 11.2. The lowest BCUT2D eigenvalue weighted by Gasteiger charge is -2.61. The van der Waals surface area contributed by atoms with Crippen molar-refractivity contribution in [3.63, 3.8) is 0 Å². The van der Waals surface area contributed by atoms with Gasteiger partial charge >= 0.3 is 0 Å². The van der Waals surface area contributed by atoms with Gasteiger partial charge in [0.1, 0.15) is 0 Å². The number of fused-ring (bicyclic) bond motifs is 13. The Labute approximate surface area is 336 Å². The zero-order chi connectivity index (χ0) is 37.0. The summed E-state index contributed by atoms with van der Waals surface area (Å²) in [6.07, 6.45) is 6.99. The molecule has 15 rings (SSSR count). The number of hydrogen-bond acceptors (Lipinski definition) is 1. The van der Waals surface area contributed by atoms with Gasteiger partial charge in [0.15, 0.2) is 0 Å². The number of benzene rings is 9. The number of thiophene rings is 1. The predicted octanol–water partition coefficient (Wildman–Crippen LogP) is 15.7. The van der Waals surface area contributed by atoms with Crippen LogP contribution in [0.3, 0.4) is 0 Å². The summed E-state index contributed by atoms with van der Waals surface area (Å²) in [4.78, 5) is 0. The Kier molecular flexibility index (Phi) is 6.16. The van der Waals surface area contributed by atoms with Crippen molar-refractivity contribution in [3.8, 4) is 33.4 Å². The Balaban J connectivity index is 1.03. The zero-order valence-corrected chi connectivity index (χ0v) is 32.6. The highest BCUT2D eigenvalue weighted by Crippen LogP contribution is 2.70. The van der Waals surface area contributed by atoms with Crippen LogP contribution in [0, 0.1) is 23.7 Å². The molecule has 4 bridgehead atoms. The van der Waals surface area contributed by atoms with Crippen LogP contribution in [0.4, 0.5) is 0 Å². The molecule has 1 heterocycles. The fraction of sp³-hybridized carbons (Fsp3) is 0.179. The molecule has 5 aliphatic carbocycles. The van der Waals surface area contributed by atoms with Crippen molar-refractivity contribution >= 4 is 74.6 Å². The lowest BCUT2D eigenvalue weighted by Crippen LogP contribution is -2.55. The smallest absolute Gasteiger partial charge is 0.0433 e. The van der Waals surface area contributed by atoms with E-state index in [-0.39, 0.29) is 5.41 Å². The average Bonchev–Trinajstić information content (AvgIpc) is 3.78. The van der Waals surface area contributed by atoms with Crippen LogP contribution in [0.1, 0.15) is 43.2 Å². The van der Waals surface area contributed by atoms with E-state index >= 15 is 0 Å². The summed E-state index contributed by atoms with van der Waals surface area (Å²) < 4.78 is 2.77. The molecular formula is C56H40S. The summed E-state index contributed by atoms with van der Waals surface area (Å²) in [5.74, 6) is 3.21. The third-order valence-electron chi connectivity index (χ3n) is 15.4. The number of rotatable bonds is 2. The first kappa shape index (κ1) is 31.3. The second-order valence-corrected chi connectivity index (χ2v) is 19.0. The molecule has 4 saturated carbocycles. The van der Waals surface area contributed by atoms with E-state index < -0.39 is 0 Å². The standard InChI is InChI=1S/C56H40S/c1-4-12-41-34(9-1)17-21-47-45-20-18-36(30-53(45)57-55(41)47)35-19-22-51-50(28-35)54-46-16-8-7-15-44(46)49(31-52(54)56(51)38-24-32-23-33(26-38)27-39(56)25-32)48-29-37-10-2-3-11-40(37)42-13-5-6-14-43(42)48/h1-22,28-33,38-39H,23-27H2. The maximum Gasteiger partial charge on any atom is 0.0433 e. The first-order valence-electron chi connectivity index (χ1n) is 21.2. The maximum absolute atomic E-state index is 2.73. The Bertz CT molecular complexity index is 3350. The molecule has 0 radical (unpaired) electrons. The first-order valence-corrected chi connectivity index (χ1v) is 22.0. The quantitative estimate of drug-likeness (QED) is 0.155. The van der Waals surface area contributed by atoms with E-state index in [4.69, 9.17) is 0 Å². The summed E-state index contributed by atoms with van der Waals surface area (Å²) in [5.41, 5.74) is 11.7. The highest BCUT2D eigenvalue weighted by molar-refractivity contribution is 7.26. The molecular weight excluding hydrogens is 705 g/mol. The third kappa shape index (κ3) is 4.08. The zero-order valence-electron chi connectivity index (χ0n) is 31.8. The van der Waals surface area contributed by atoms with Gasteiger partial charge < -0.3 is 0 Å². The minimum absolute atomic E-state index is 0.0680. The van der Waals surface area contributed by atoms with E-state index in [1.54, 1.807) is 11.1 Å². The Morgan fingerprint density at radius 2 is 0.982 bits per heavy atom. The topological polar surface area (TPSA) is 0 Å². The van der Waals surface area contributed by atoms with Gasteiger partial charge in [-0.2, -0.15) is 0 Å². The van der Waals surface area contributed by atoms with Crippen LogP contribution in [0.25, 0.3) is 96.6 Å². The summed E-state index contributed by atoms with van der Waals surface area (Å²) in [6, 6.07) is 61.1. The molecule has 1 spiro atoms. The molecule has 0 N–H and O–H groups in total. The monoisotopic (exact) mass is 744 g/mol. The van der Waals surface area contributed by atoms with Gasteiger partial charge in [0.25, 0.3) is 0 Å². The van der Waals surface area contributed by atoms with Crippen molar-refractivity contribution in [2.45, 2.75) is 37.5 Å². The normalized spacial score (nSPS) is 23.2. The van der Waals surface area contributed by atoms with Gasteiger partial charge in [-0.1, -0.05) is 133 Å². The van der Waals surface area contributed by atoms with Crippen LogP contribution in [0.15, 0.2) is 158 Å². The van der Waals surface area contributed by atoms with E-state index in [1.165, 1.54) is 129 Å². The molecule has 1 heteroatoms. The van der Waals surface area contributed by atoms with Crippen molar-refractivity contribution in [1.82, 2.24) is 0 Å². The number of hydrogen-bond donors (Lipinski definition) is 0. The van der Waals surface area contributed by atoms with Crippen molar-refractivity contribution in [1.29, 1.82) is 0 Å². The van der Waals surface area contributed by atoms with E-state index in [0.29, 0.717) is 11.8 Å². The van der Waals surface area contributed by atoms with Crippen molar-refractivity contribution < 1.29 is 0 Å². The predicted molar refractivity (Wildman–Crippen MR) is 243 cm³/mol. The molecule has 1 aromatic heterocycles. The van der Waals surface area contributed by atoms with Gasteiger partial charge in [-0.05, 0) is 168 Å². The summed E-state index contributed by atoms with van der Waals surface area (Å²) in [5, 5.41) is 13.5. The molecule has 5 aliphatic rings. The van der Waals surface area contributed by atoms with E-state index in [9.17, 15) is 0 Å². The van der Waals surface area contributed by atoms with Gasteiger partial charge in [-0.15, -0.1) is 11.3 Å². The Morgan fingerprint density at radius 1 is 0.386 bits per heavy atom. The summed E-state index contributed by atoms with van der Waals surface area (Å²) in [6.45, 7) is 0. The van der Waals surface area contributed by atoms with Gasteiger partial charge in [0.2, 0.25) is 0 Å². The minimum Gasteiger partial charge on any atom is -0.135 e. The summed E-state index contributed by atoms with van der Waals surface area (Å²) >= 11 is 1.95. The van der Waals surface area contributed by atoms with Crippen LogP contribution in [-0.2, 0) is 5.41 Å². The van der Waals surface area contributed by atoms with Crippen molar-refractivity contribution in [2.24, 2.45) is 23.7 Å². The molecule has 0 unspecified atom stereocenters. The lowest BCUT2D eigenvalue weighted by molar-refractivity contribution is -0.0399. The maximum atomic E-state index is 2.73. The molecule has 0 amide bonds. The third-order valence-corrected chi connectivity index (χ3v) is 16.6. The molecule has 0 nitrogen and oxygen atoms in total. The van der Waals surface area contributed by atoms with Crippen LogP contribution in [-0.4, -0.2) is 0 Å². The minimum atomic E-state index is 0.0680. The van der Waals surface area contributed by atoms with Crippen molar-refractivity contribution in [2.75, 3.05) is 0 Å². The van der Waals surface area contributed by atoms with Crippen LogP contribution in [0.5, 0.6) is 0 Å². The average molecular weight is 745 g/mol. The molecule has 4 fully saturated rings. The highest BCUT2D eigenvalue weighted by atomic mass is 32.1.